The first-order valence-electron chi connectivity index (χ1n) is 5.81. The molecule has 0 spiro atoms. The fraction of sp³-hybridized carbons (Fsp3) is 0.462. The Kier molecular flexibility index (Phi) is 2.64. The molecule has 3 rings (SSSR count). The van der Waals surface area contributed by atoms with Crippen molar-refractivity contribution in [2.24, 2.45) is 0 Å². The fourth-order valence-electron chi connectivity index (χ4n) is 2.05. The van der Waals surface area contributed by atoms with Crippen LogP contribution in [0.25, 0.3) is 0 Å². The number of thioether (sulfide) groups is 1. The van der Waals surface area contributed by atoms with Crippen LogP contribution in [0.15, 0.2) is 23.1 Å². The summed E-state index contributed by atoms with van der Waals surface area (Å²) in [7, 11) is 0. The SMILES string of the molecule is N#CC1(Sc2ccc3c(c2)OCCO3)CCC1. The Morgan fingerprint density at radius 1 is 1.18 bits per heavy atom. The van der Waals surface area contributed by atoms with Gasteiger partial charge in [-0.2, -0.15) is 5.26 Å². The van der Waals surface area contributed by atoms with E-state index in [-0.39, 0.29) is 4.75 Å². The molecule has 1 fully saturated rings. The molecule has 88 valence electrons. The van der Waals surface area contributed by atoms with Crippen molar-refractivity contribution in [2.75, 3.05) is 13.2 Å². The topological polar surface area (TPSA) is 42.2 Å². The average Bonchev–Trinajstić information content (AvgIpc) is 2.34. The van der Waals surface area contributed by atoms with Crippen LogP contribution in [0.4, 0.5) is 0 Å². The Morgan fingerprint density at radius 2 is 1.94 bits per heavy atom. The maximum atomic E-state index is 9.21. The molecule has 0 amide bonds. The second kappa shape index (κ2) is 4.15. The van der Waals surface area contributed by atoms with Gasteiger partial charge in [0.15, 0.2) is 11.5 Å². The van der Waals surface area contributed by atoms with E-state index < -0.39 is 0 Å². The highest BCUT2D eigenvalue weighted by molar-refractivity contribution is 8.01. The first-order chi connectivity index (χ1) is 8.31. The number of nitrogens with zero attached hydrogens (tertiary/aromatic N) is 1. The smallest absolute Gasteiger partial charge is 0.162 e. The summed E-state index contributed by atoms with van der Waals surface area (Å²) in [4.78, 5) is 1.09. The summed E-state index contributed by atoms with van der Waals surface area (Å²) in [5.41, 5.74) is 0. The molecule has 1 saturated carbocycles. The van der Waals surface area contributed by atoms with Crippen LogP contribution < -0.4 is 9.47 Å². The van der Waals surface area contributed by atoms with Gasteiger partial charge >= 0.3 is 0 Å². The van der Waals surface area contributed by atoms with Crippen molar-refractivity contribution in [3.05, 3.63) is 18.2 Å². The van der Waals surface area contributed by atoms with Crippen molar-refractivity contribution in [1.82, 2.24) is 0 Å². The Bertz CT molecular complexity index is 477. The van der Waals surface area contributed by atoms with Crippen LogP contribution in [0.3, 0.4) is 0 Å². The van der Waals surface area contributed by atoms with Crippen molar-refractivity contribution < 1.29 is 9.47 Å². The van der Waals surface area contributed by atoms with E-state index in [1.807, 2.05) is 18.2 Å². The summed E-state index contributed by atoms with van der Waals surface area (Å²) in [6.45, 7) is 1.21. The summed E-state index contributed by atoms with van der Waals surface area (Å²) in [6, 6.07) is 8.36. The summed E-state index contributed by atoms with van der Waals surface area (Å²) in [5.74, 6) is 1.61. The van der Waals surface area contributed by atoms with E-state index in [0.29, 0.717) is 13.2 Å². The number of ether oxygens (including phenoxy) is 2. The molecule has 1 aliphatic heterocycles. The van der Waals surface area contributed by atoms with Gasteiger partial charge in [-0.15, -0.1) is 11.8 Å². The lowest BCUT2D eigenvalue weighted by Crippen LogP contribution is -2.31. The fourth-order valence-corrected chi connectivity index (χ4v) is 3.34. The van der Waals surface area contributed by atoms with Gasteiger partial charge in [0.05, 0.1) is 6.07 Å². The van der Waals surface area contributed by atoms with E-state index in [9.17, 15) is 5.26 Å². The van der Waals surface area contributed by atoms with Crippen LogP contribution in [0.5, 0.6) is 11.5 Å². The van der Waals surface area contributed by atoms with E-state index in [1.165, 1.54) is 0 Å². The van der Waals surface area contributed by atoms with E-state index in [2.05, 4.69) is 6.07 Å². The molecular weight excluding hydrogens is 234 g/mol. The Balaban J connectivity index is 1.82. The molecule has 1 aromatic carbocycles. The lowest BCUT2D eigenvalue weighted by molar-refractivity contribution is 0.171. The highest BCUT2D eigenvalue weighted by Crippen LogP contribution is 2.48. The third-order valence-corrected chi connectivity index (χ3v) is 4.57. The second-order valence-corrected chi connectivity index (χ2v) is 5.82. The lowest BCUT2D eigenvalue weighted by Gasteiger charge is -2.34. The van der Waals surface area contributed by atoms with Gasteiger partial charge in [-0.25, -0.2) is 0 Å². The molecule has 1 heterocycles. The van der Waals surface area contributed by atoms with Gasteiger partial charge < -0.3 is 9.47 Å². The van der Waals surface area contributed by atoms with E-state index in [0.717, 1.165) is 35.7 Å². The second-order valence-electron chi connectivity index (χ2n) is 4.37. The molecule has 4 heteroatoms. The first-order valence-corrected chi connectivity index (χ1v) is 6.63. The largest absolute Gasteiger partial charge is 0.486 e. The van der Waals surface area contributed by atoms with Gasteiger partial charge in [-0.05, 0) is 37.5 Å². The Morgan fingerprint density at radius 3 is 2.59 bits per heavy atom. The highest BCUT2D eigenvalue weighted by Gasteiger charge is 2.38. The first kappa shape index (κ1) is 10.8. The van der Waals surface area contributed by atoms with Gasteiger partial charge in [-0.1, -0.05) is 0 Å². The van der Waals surface area contributed by atoms with Gasteiger partial charge in [0, 0.05) is 4.90 Å². The molecule has 1 aliphatic carbocycles. The van der Waals surface area contributed by atoms with Crippen molar-refractivity contribution in [3.8, 4) is 17.6 Å². The average molecular weight is 247 g/mol. The number of benzene rings is 1. The minimum atomic E-state index is -0.205. The van der Waals surface area contributed by atoms with Crippen LogP contribution in [-0.2, 0) is 0 Å². The molecule has 0 N–H and O–H groups in total. The molecule has 0 aromatic heterocycles. The normalized spacial score (nSPS) is 20.2. The maximum Gasteiger partial charge on any atom is 0.162 e. The van der Waals surface area contributed by atoms with Crippen LogP contribution in [-0.4, -0.2) is 18.0 Å². The monoisotopic (exact) mass is 247 g/mol. The summed E-state index contributed by atoms with van der Waals surface area (Å²) in [5, 5.41) is 9.21. The molecule has 0 atom stereocenters. The molecule has 1 aromatic rings. The third kappa shape index (κ3) is 1.96. The molecule has 17 heavy (non-hydrogen) atoms. The van der Waals surface area contributed by atoms with Gasteiger partial charge in [0.2, 0.25) is 0 Å². The van der Waals surface area contributed by atoms with E-state index in [4.69, 9.17) is 9.47 Å². The van der Waals surface area contributed by atoms with E-state index in [1.54, 1.807) is 11.8 Å². The quantitative estimate of drug-likeness (QED) is 0.805. The number of nitriles is 1. The molecule has 0 radical (unpaired) electrons. The van der Waals surface area contributed by atoms with E-state index >= 15 is 0 Å². The Hall–Kier alpha value is -1.34. The van der Waals surface area contributed by atoms with Crippen molar-refractivity contribution in [1.29, 1.82) is 5.26 Å². The zero-order chi connectivity index (χ0) is 11.7. The zero-order valence-corrected chi connectivity index (χ0v) is 10.3. The number of hydrogen-bond donors (Lipinski definition) is 0. The van der Waals surface area contributed by atoms with Crippen molar-refractivity contribution in [2.45, 2.75) is 28.9 Å². The molecule has 2 aliphatic rings. The van der Waals surface area contributed by atoms with Crippen LogP contribution in [0, 0.1) is 11.3 Å². The standard InChI is InChI=1S/C13H13NO2S/c14-9-13(4-1-5-13)17-10-2-3-11-12(8-10)16-7-6-15-11/h2-3,8H,1,4-7H2. The predicted molar refractivity (Wildman–Crippen MR) is 65.5 cm³/mol. The molecule has 0 saturated heterocycles. The van der Waals surface area contributed by atoms with Gasteiger partial charge in [-0.3, -0.25) is 0 Å². The molecule has 3 nitrogen and oxygen atoms in total. The summed E-state index contributed by atoms with van der Waals surface area (Å²) >= 11 is 1.65. The lowest BCUT2D eigenvalue weighted by atomic mass is 9.86. The van der Waals surface area contributed by atoms with Gasteiger partial charge in [0.1, 0.15) is 18.0 Å². The summed E-state index contributed by atoms with van der Waals surface area (Å²) in [6.07, 6.45) is 3.14. The van der Waals surface area contributed by atoms with Gasteiger partial charge in [0.25, 0.3) is 0 Å². The number of hydrogen-bond acceptors (Lipinski definition) is 4. The maximum absolute atomic E-state index is 9.21. The van der Waals surface area contributed by atoms with Crippen molar-refractivity contribution >= 4 is 11.8 Å². The third-order valence-electron chi connectivity index (χ3n) is 3.19. The number of rotatable bonds is 2. The minimum Gasteiger partial charge on any atom is -0.486 e. The van der Waals surface area contributed by atoms with Crippen LogP contribution in [0.2, 0.25) is 0 Å². The molecule has 0 bridgehead atoms. The highest BCUT2D eigenvalue weighted by atomic mass is 32.2. The summed E-state index contributed by atoms with van der Waals surface area (Å²) < 4.78 is 10.8. The minimum absolute atomic E-state index is 0.205. The molecule has 0 unspecified atom stereocenters. The van der Waals surface area contributed by atoms with Crippen LogP contribution >= 0.6 is 11.8 Å². The van der Waals surface area contributed by atoms with Crippen molar-refractivity contribution in [3.63, 3.8) is 0 Å². The number of fused-ring (bicyclic) bond motifs is 1. The Labute approximate surface area is 105 Å². The molecular formula is C13H13NO2S. The predicted octanol–water partition coefficient (Wildman–Crippen LogP) is 3.00. The van der Waals surface area contributed by atoms with Crippen LogP contribution in [0.1, 0.15) is 19.3 Å². The zero-order valence-electron chi connectivity index (χ0n) is 9.44.